The van der Waals surface area contributed by atoms with Crippen LogP contribution in [0.2, 0.25) is 0 Å². The highest BCUT2D eigenvalue weighted by Crippen LogP contribution is 2.17. The summed E-state index contributed by atoms with van der Waals surface area (Å²) in [7, 11) is 1.62. The Morgan fingerprint density at radius 1 is 1.17 bits per heavy atom. The van der Waals surface area contributed by atoms with Crippen molar-refractivity contribution in [2.24, 2.45) is 0 Å². The summed E-state index contributed by atoms with van der Waals surface area (Å²) >= 11 is 7.31. The molecule has 2 aromatic carbocycles. The Morgan fingerprint density at radius 2 is 1.96 bits per heavy atom. The lowest BCUT2D eigenvalue weighted by Gasteiger charge is -2.12. The van der Waals surface area contributed by atoms with Gasteiger partial charge in [-0.15, -0.1) is 0 Å². The number of hydrogen-bond donors (Lipinski definition) is 2. The van der Waals surface area contributed by atoms with Crippen LogP contribution in [0.25, 0.3) is 0 Å². The number of benzene rings is 2. The van der Waals surface area contributed by atoms with E-state index in [2.05, 4.69) is 33.2 Å². The maximum absolute atomic E-state index is 12.2. The Balaban J connectivity index is 1.93. The van der Waals surface area contributed by atoms with E-state index in [0.717, 1.165) is 9.26 Å². The van der Waals surface area contributed by atoms with Gasteiger partial charge in [0.2, 0.25) is 0 Å². The molecule has 0 radical (unpaired) electrons. The molecular formula is C17H17IN2O3S. The molecule has 0 aromatic heterocycles. The van der Waals surface area contributed by atoms with Crippen LogP contribution in [0.1, 0.15) is 10.4 Å². The number of carbonyl (C=O) groups excluding carboxylic acids is 1. The number of hydrogen-bond acceptors (Lipinski definition) is 4. The van der Waals surface area contributed by atoms with Crippen LogP contribution in [0.5, 0.6) is 5.75 Å². The van der Waals surface area contributed by atoms with Crippen LogP contribution in [-0.2, 0) is 4.74 Å². The standard InChI is InChI=1S/C17H17IN2O3S/c1-22-9-10-23-13-6-4-5-12(11-13)19-17(24)20-16(21)14-7-2-3-8-15(14)18/h2-8,11H,9-10H2,1H3,(H2,19,20,21,24). The van der Waals surface area contributed by atoms with Gasteiger partial charge >= 0.3 is 0 Å². The number of ether oxygens (including phenoxy) is 2. The van der Waals surface area contributed by atoms with E-state index >= 15 is 0 Å². The topological polar surface area (TPSA) is 59.6 Å². The molecule has 0 aliphatic heterocycles. The second kappa shape index (κ2) is 9.55. The lowest BCUT2D eigenvalue weighted by Crippen LogP contribution is -2.34. The summed E-state index contributed by atoms with van der Waals surface area (Å²) in [6.07, 6.45) is 0. The van der Waals surface area contributed by atoms with Crippen molar-refractivity contribution in [2.75, 3.05) is 25.6 Å². The third-order valence-corrected chi connectivity index (χ3v) is 4.14. The van der Waals surface area contributed by atoms with E-state index in [0.29, 0.717) is 24.5 Å². The van der Waals surface area contributed by atoms with Crippen molar-refractivity contribution in [3.05, 3.63) is 57.7 Å². The first-order valence-corrected chi connectivity index (χ1v) is 8.67. The molecule has 0 heterocycles. The van der Waals surface area contributed by atoms with Crippen LogP contribution in [0.4, 0.5) is 5.69 Å². The van der Waals surface area contributed by atoms with Gasteiger partial charge in [0, 0.05) is 22.4 Å². The highest BCUT2D eigenvalue weighted by Gasteiger charge is 2.11. The van der Waals surface area contributed by atoms with Gasteiger partial charge in [0.25, 0.3) is 5.91 Å². The predicted octanol–water partition coefficient (Wildman–Crippen LogP) is 3.44. The maximum Gasteiger partial charge on any atom is 0.258 e. The van der Waals surface area contributed by atoms with E-state index in [1.165, 1.54) is 0 Å². The molecular weight excluding hydrogens is 439 g/mol. The van der Waals surface area contributed by atoms with Crippen molar-refractivity contribution in [1.29, 1.82) is 0 Å². The largest absolute Gasteiger partial charge is 0.491 e. The summed E-state index contributed by atoms with van der Waals surface area (Å²) in [6, 6.07) is 14.6. The third kappa shape index (κ3) is 5.73. The Kier molecular flexibility index (Phi) is 7.41. The number of halogens is 1. The van der Waals surface area contributed by atoms with E-state index in [4.69, 9.17) is 21.7 Å². The quantitative estimate of drug-likeness (QED) is 0.396. The molecule has 0 bridgehead atoms. The Bertz CT molecular complexity index is 724. The number of nitrogens with one attached hydrogen (secondary N) is 2. The summed E-state index contributed by atoms with van der Waals surface area (Å²) in [5.74, 6) is 0.453. The smallest absolute Gasteiger partial charge is 0.258 e. The van der Waals surface area contributed by atoms with E-state index in [1.54, 1.807) is 19.2 Å². The summed E-state index contributed by atoms with van der Waals surface area (Å²) in [5, 5.41) is 5.88. The third-order valence-electron chi connectivity index (χ3n) is 2.99. The molecule has 126 valence electrons. The van der Waals surface area contributed by atoms with Gasteiger partial charge in [0.05, 0.1) is 12.2 Å². The summed E-state index contributed by atoms with van der Waals surface area (Å²) in [5.41, 5.74) is 1.32. The fourth-order valence-corrected chi connectivity index (χ4v) is 2.73. The molecule has 0 atom stereocenters. The van der Waals surface area contributed by atoms with Gasteiger partial charge in [-0.25, -0.2) is 0 Å². The fourth-order valence-electron chi connectivity index (χ4n) is 1.88. The van der Waals surface area contributed by atoms with Crippen LogP contribution >= 0.6 is 34.8 Å². The molecule has 2 rings (SSSR count). The van der Waals surface area contributed by atoms with E-state index in [-0.39, 0.29) is 11.0 Å². The van der Waals surface area contributed by atoms with Crippen LogP contribution in [0, 0.1) is 3.57 Å². The van der Waals surface area contributed by atoms with Crippen LogP contribution in [0.3, 0.4) is 0 Å². The summed E-state index contributed by atoms with van der Waals surface area (Å²) in [6.45, 7) is 0.982. The first kappa shape index (κ1) is 18.6. The SMILES string of the molecule is COCCOc1cccc(NC(=S)NC(=O)c2ccccc2I)c1. The van der Waals surface area contributed by atoms with Crippen LogP contribution in [-0.4, -0.2) is 31.3 Å². The maximum atomic E-state index is 12.2. The van der Waals surface area contributed by atoms with Gasteiger partial charge in [-0.3, -0.25) is 10.1 Å². The summed E-state index contributed by atoms with van der Waals surface area (Å²) < 4.78 is 11.3. The Morgan fingerprint density at radius 3 is 2.71 bits per heavy atom. The average molecular weight is 456 g/mol. The van der Waals surface area contributed by atoms with Gasteiger partial charge in [0.15, 0.2) is 5.11 Å². The molecule has 0 fully saturated rings. The lowest BCUT2D eigenvalue weighted by atomic mass is 10.2. The van der Waals surface area contributed by atoms with Crippen molar-refractivity contribution in [2.45, 2.75) is 0 Å². The van der Waals surface area contributed by atoms with Crippen LogP contribution < -0.4 is 15.4 Å². The van der Waals surface area contributed by atoms with E-state index in [1.807, 2.05) is 36.4 Å². The molecule has 2 aromatic rings. The zero-order valence-corrected chi connectivity index (χ0v) is 16.0. The fraction of sp³-hybridized carbons (Fsp3) is 0.176. The minimum Gasteiger partial charge on any atom is -0.491 e. The number of methoxy groups -OCH3 is 1. The molecule has 0 aliphatic rings. The number of thiocarbonyl (C=S) groups is 1. The number of amides is 1. The van der Waals surface area contributed by atoms with Gasteiger partial charge in [-0.05, 0) is 59.1 Å². The minimum atomic E-state index is -0.245. The molecule has 2 N–H and O–H groups in total. The summed E-state index contributed by atoms with van der Waals surface area (Å²) in [4.78, 5) is 12.2. The number of carbonyl (C=O) groups is 1. The van der Waals surface area contributed by atoms with Crippen molar-refractivity contribution >= 4 is 51.5 Å². The molecule has 0 unspecified atom stereocenters. The molecule has 0 aliphatic carbocycles. The molecule has 5 nitrogen and oxygen atoms in total. The van der Waals surface area contributed by atoms with E-state index in [9.17, 15) is 4.79 Å². The molecule has 7 heteroatoms. The zero-order valence-electron chi connectivity index (χ0n) is 13.0. The first-order chi connectivity index (χ1) is 11.6. The molecule has 1 amide bonds. The number of anilines is 1. The Hall–Kier alpha value is -1.71. The predicted molar refractivity (Wildman–Crippen MR) is 107 cm³/mol. The molecule has 0 spiro atoms. The van der Waals surface area contributed by atoms with Crippen molar-refractivity contribution in [3.8, 4) is 5.75 Å². The monoisotopic (exact) mass is 456 g/mol. The van der Waals surface area contributed by atoms with Gasteiger partial charge < -0.3 is 14.8 Å². The van der Waals surface area contributed by atoms with Crippen molar-refractivity contribution < 1.29 is 14.3 Å². The second-order valence-electron chi connectivity index (χ2n) is 4.76. The highest BCUT2D eigenvalue weighted by molar-refractivity contribution is 14.1. The Labute approximate surface area is 159 Å². The first-order valence-electron chi connectivity index (χ1n) is 7.19. The average Bonchev–Trinajstić information content (AvgIpc) is 2.55. The lowest BCUT2D eigenvalue weighted by molar-refractivity contribution is 0.0977. The van der Waals surface area contributed by atoms with Crippen molar-refractivity contribution in [1.82, 2.24) is 5.32 Å². The van der Waals surface area contributed by atoms with Crippen LogP contribution in [0.15, 0.2) is 48.5 Å². The molecule has 0 saturated heterocycles. The second-order valence-corrected chi connectivity index (χ2v) is 6.33. The van der Waals surface area contributed by atoms with Gasteiger partial charge in [-0.1, -0.05) is 18.2 Å². The van der Waals surface area contributed by atoms with Gasteiger partial charge in [0.1, 0.15) is 12.4 Å². The molecule has 0 saturated carbocycles. The van der Waals surface area contributed by atoms with E-state index < -0.39 is 0 Å². The van der Waals surface area contributed by atoms with Crippen molar-refractivity contribution in [3.63, 3.8) is 0 Å². The minimum absolute atomic E-state index is 0.230. The highest BCUT2D eigenvalue weighted by atomic mass is 127. The normalized spacial score (nSPS) is 10.1. The number of rotatable bonds is 6. The molecule has 24 heavy (non-hydrogen) atoms. The van der Waals surface area contributed by atoms with Gasteiger partial charge in [-0.2, -0.15) is 0 Å². The zero-order chi connectivity index (χ0) is 17.4.